The molecule has 1 saturated heterocycles. The molecule has 6 heteroatoms. The minimum atomic E-state index is -0.222. The molecule has 18 heavy (non-hydrogen) atoms. The smallest absolute Gasteiger partial charge is 0.270 e. The van der Waals surface area contributed by atoms with Crippen molar-refractivity contribution in [1.29, 1.82) is 0 Å². The molecule has 2 rings (SSSR count). The third-order valence-corrected chi connectivity index (χ3v) is 3.11. The van der Waals surface area contributed by atoms with Crippen molar-refractivity contribution in [3.8, 4) is 0 Å². The normalized spacial score (nSPS) is 23.7. The van der Waals surface area contributed by atoms with Gasteiger partial charge in [0.05, 0.1) is 17.7 Å². The molecule has 1 aliphatic heterocycles. The monoisotopic (exact) mass is 270 g/mol. The van der Waals surface area contributed by atoms with E-state index in [0.717, 1.165) is 6.42 Å². The molecular formula is C12H15ClN2O3. The Hall–Kier alpha value is -1.17. The summed E-state index contributed by atoms with van der Waals surface area (Å²) in [5, 5.41) is 3.41. The average Bonchev–Trinajstić information content (AvgIpc) is 2.40. The van der Waals surface area contributed by atoms with E-state index in [0.29, 0.717) is 23.9 Å². The molecule has 1 fully saturated rings. The van der Waals surface area contributed by atoms with Crippen LogP contribution in [-0.4, -0.2) is 43.4 Å². The molecule has 98 valence electrons. The number of rotatable bonds is 3. The van der Waals surface area contributed by atoms with Crippen LogP contribution in [-0.2, 0) is 9.47 Å². The van der Waals surface area contributed by atoms with Crippen molar-refractivity contribution < 1.29 is 14.3 Å². The predicted molar refractivity (Wildman–Crippen MR) is 66.7 cm³/mol. The Kier molecular flexibility index (Phi) is 4.52. The Labute approximate surface area is 110 Å². The van der Waals surface area contributed by atoms with Crippen molar-refractivity contribution in [3.05, 3.63) is 29.0 Å². The van der Waals surface area contributed by atoms with Crippen molar-refractivity contribution in [2.24, 2.45) is 0 Å². The number of nitrogens with zero attached hydrogens (tertiary/aromatic N) is 1. The van der Waals surface area contributed by atoms with Gasteiger partial charge in [0.1, 0.15) is 11.8 Å². The number of hydrogen-bond donors (Lipinski definition) is 1. The zero-order chi connectivity index (χ0) is 13.0. The van der Waals surface area contributed by atoms with Gasteiger partial charge >= 0.3 is 0 Å². The van der Waals surface area contributed by atoms with Gasteiger partial charge in [0, 0.05) is 19.9 Å². The van der Waals surface area contributed by atoms with E-state index in [1.165, 1.54) is 6.20 Å². The Balaban J connectivity index is 1.99. The minimum absolute atomic E-state index is 0.0475. The second-order valence-corrected chi connectivity index (χ2v) is 4.52. The topological polar surface area (TPSA) is 60.5 Å². The number of carbonyl (C=O) groups excluding carboxylic acids is 1. The summed E-state index contributed by atoms with van der Waals surface area (Å²) in [5.41, 5.74) is 0.348. The summed E-state index contributed by atoms with van der Waals surface area (Å²) in [6, 6.07) is 3.19. The minimum Gasteiger partial charge on any atom is -0.379 e. The molecule has 0 radical (unpaired) electrons. The van der Waals surface area contributed by atoms with Gasteiger partial charge < -0.3 is 14.8 Å². The summed E-state index contributed by atoms with van der Waals surface area (Å²) in [5.74, 6) is -0.222. The Bertz CT molecular complexity index is 410. The molecule has 1 amide bonds. The maximum absolute atomic E-state index is 12.0. The van der Waals surface area contributed by atoms with E-state index in [-0.39, 0.29) is 18.1 Å². The molecule has 1 aromatic rings. The molecule has 0 spiro atoms. The summed E-state index contributed by atoms with van der Waals surface area (Å²) in [6.07, 6.45) is 2.07. The van der Waals surface area contributed by atoms with Crippen molar-refractivity contribution in [1.82, 2.24) is 10.3 Å². The predicted octanol–water partition coefficient (Wildman–Crippen LogP) is 1.27. The molecule has 0 saturated carbocycles. The first kappa shape index (κ1) is 13.3. The Morgan fingerprint density at radius 2 is 2.44 bits per heavy atom. The molecule has 5 nitrogen and oxygen atoms in total. The lowest BCUT2D eigenvalue weighted by atomic mass is 10.1. The highest BCUT2D eigenvalue weighted by molar-refractivity contribution is 6.30. The molecule has 2 heterocycles. The Morgan fingerprint density at radius 3 is 3.11 bits per heavy atom. The van der Waals surface area contributed by atoms with Crippen molar-refractivity contribution in [2.75, 3.05) is 20.3 Å². The average molecular weight is 271 g/mol. The zero-order valence-corrected chi connectivity index (χ0v) is 10.8. The fourth-order valence-electron chi connectivity index (χ4n) is 1.86. The van der Waals surface area contributed by atoms with E-state index in [1.54, 1.807) is 19.2 Å². The van der Waals surface area contributed by atoms with Gasteiger partial charge in [-0.05, 0) is 18.6 Å². The van der Waals surface area contributed by atoms with Crippen LogP contribution in [0.15, 0.2) is 18.3 Å². The fourth-order valence-corrected chi connectivity index (χ4v) is 1.97. The highest BCUT2D eigenvalue weighted by atomic mass is 35.5. The van der Waals surface area contributed by atoms with Crippen LogP contribution in [0.5, 0.6) is 0 Å². The van der Waals surface area contributed by atoms with E-state index >= 15 is 0 Å². The summed E-state index contributed by atoms with van der Waals surface area (Å²) in [6.45, 7) is 1.12. The van der Waals surface area contributed by atoms with E-state index < -0.39 is 0 Å². The number of methoxy groups -OCH3 is 1. The van der Waals surface area contributed by atoms with E-state index in [9.17, 15) is 4.79 Å². The van der Waals surface area contributed by atoms with Gasteiger partial charge in [-0.3, -0.25) is 4.79 Å². The maximum Gasteiger partial charge on any atom is 0.270 e. The number of halogens is 1. The number of nitrogens with one attached hydrogen (secondary N) is 1. The number of aromatic nitrogens is 1. The third-order valence-electron chi connectivity index (χ3n) is 2.88. The van der Waals surface area contributed by atoms with Gasteiger partial charge in [-0.25, -0.2) is 4.98 Å². The number of hydrogen-bond acceptors (Lipinski definition) is 4. The first-order valence-corrected chi connectivity index (χ1v) is 6.11. The first-order valence-electron chi connectivity index (χ1n) is 5.73. The van der Waals surface area contributed by atoms with Crippen LogP contribution >= 0.6 is 11.6 Å². The van der Waals surface area contributed by atoms with Gasteiger partial charge in [-0.2, -0.15) is 0 Å². The molecule has 0 aromatic carbocycles. The lowest BCUT2D eigenvalue weighted by molar-refractivity contribution is -0.0479. The quantitative estimate of drug-likeness (QED) is 0.899. The number of amides is 1. The number of ether oxygens (including phenoxy) is 2. The molecule has 1 aliphatic rings. The number of pyridine rings is 1. The van der Waals surface area contributed by atoms with E-state index in [1.807, 2.05) is 0 Å². The second-order valence-electron chi connectivity index (χ2n) is 4.08. The highest BCUT2D eigenvalue weighted by Crippen LogP contribution is 2.12. The molecule has 1 aromatic heterocycles. The van der Waals surface area contributed by atoms with Crippen LogP contribution in [0, 0.1) is 0 Å². The van der Waals surface area contributed by atoms with Crippen molar-refractivity contribution in [2.45, 2.75) is 18.6 Å². The van der Waals surface area contributed by atoms with Crippen LogP contribution in [0.2, 0.25) is 5.02 Å². The Morgan fingerprint density at radius 1 is 1.61 bits per heavy atom. The summed E-state index contributed by atoms with van der Waals surface area (Å²) in [7, 11) is 1.61. The molecule has 1 N–H and O–H groups in total. The summed E-state index contributed by atoms with van der Waals surface area (Å²) in [4.78, 5) is 16.0. The second kappa shape index (κ2) is 6.13. The van der Waals surface area contributed by atoms with Crippen LogP contribution in [0.1, 0.15) is 16.9 Å². The van der Waals surface area contributed by atoms with Crippen molar-refractivity contribution >= 4 is 17.5 Å². The summed E-state index contributed by atoms with van der Waals surface area (Å²) < 4.78 is 10.6. The molecule has 2 atom stereocenters. The standard InChI is InChI=1S/C12H15ClN2O3/c1-17-11-7-18-5-4-9(11)15-12(16)10-3-2-8(13)6-14-10/h2-3,6,9,11H,4-5,7H2,1H3,(H,15,16)/t9-,11-/m1/s1. The number of carbonyl (C=O) groups is 1. The van der Waals surface area contributed by atoms with Crippen LogP contribution in [0.25, 0.3) is 0 Å². The third kappa shape index (κ3) is 3.19. The molecular weight excluding hydrogens is 256 g/mol. The largest absolute Gasteiger partial charge is 0.379 e. The molecule has 0 unspecified atom stereocenters. The van der Waals surface area contributed by atoms with Crippen molar-refractivity contribution in [3.63, 3.8) is 0 Å². The van der Waals surface area contributed by atoms with Gasteiger partial charge in [0.15, 0.2) is 0 Å². The fraction of sp³-hybridized carbons (Fsp3) is 0.500. The van der Waals surface area contributed by atoms with E-state index in [4.69, 9.17) is 21.1 Å². The highest BCUT2D eigenvalue weighted by Gasteiger charge is 2.27. The molecule has 0 bridgehead atoms. The van der Waals surface area contributed by atoms with Crippen LogP contribution in [0.4, 0.5) is 0 Å². The SMILES string of the molecule is CO[C@@H]1COCC[C@H]1NC(=O)c1ccc(Cl)cn1. The van der Waals surface area contributed by atoms with Gasteiger partial charge in [-0.15, -0.1) is 0 Å². The van der Waals surface area contributed by atoms with Crippen LogP contribution < -0.4 is 5.32 Å². The zero-order valence-electron chi connectivity index (χ0n) is 10.1. The van der Waals surface area contributed by atoms with Gasteiger partial charge in [0.2, 0.25) is 0 Å². The van der Waals surface area contributed by atoms with Crippen LogP contribution in [0.3, 0.4) is 0 Å². The first-order chi connectivity index (χ1) is 8.70. The van der Waals surface area contributed by atoms with E-state index in [2.05, 4.69) is 10.3 Å². The lowest BCUT2D eigenvalue weighted by Gasteiger charge is -2.30. The molecule has 0 aliphatic carbocycles. The van der Waals surface area contributed by atoms with Gasteiger partial charge in [-0.1, -0.05) is 11.6 Å². The van der Waals surface area contributed by atoms with Gasteiger partial charge in [0.25, 0.3) is 5.91 Å². The summed E-state index contributed by atoms with van der Waals surface area (Å²) >= 11 is 5.72. The maximum atomic E-state index is 12.0. The lowest BCUT2D eigenvalue weighted by Crippen LogP contribution is -2.49.